The van der Waals surface area contributed by atoms with Crippen molar-refractivity contribution in [1.82, 2.24) is 9.97 Å². The number of fused-ring (bicyclic) bond motifs is 1. The molecule has 1 saturated heterocycles. The maximum absolute atomic E-state index is 8.58. The second-order valence-electron chi connectivity index (χ2n) is 4.03. The lowest BCUT2D eigenvalue weighted by molar-refractivity contribution is 0.801. The first kappa shape index (κ1) is 7.74. The molecule has 1 saturated carbocycles. The van der Waals surface area contributed by atoms with Gasteiger partial charge in [-0.2, -0.15) is 5.26 Å². The molecule has 0 radical (unpaired) electrons. The Bertz CT molecular complexity index is 382. The van der Waals surface area contributed by atoms with Crippen molar-refractivity contribution in [2.75, 3.05) is 18.0 Å². The SMILES string of the molecule is N#Cc1cnc(N2CC3CC3C2)cn1. The quantitative estimate of drug-likeness (QED) is 0.651. The van der Waals surface area contributed by atoms with Crippen LogP contribution in [0, 0.1) is 23.2 Å². The third kappa shape index (κ3) is 1.13. The van der Waals surface area contributed by atoms with Crippen LogP contribution in [0.15, 0.2) is 12.4 Å². The number of hydrogen-bond acceptors (Lipinski definition) is 4. The fourth-order valence-corrected chi connectivity index (χ4v) is 2.13. The van der Waals surface area contributed by atoms with E-state index in [1.165, 1.54) is 6.42 Å². The maximum atomic E-state index is 8.58. The van der Waals surface area contributed by atoms with Crippen LogP contribution in [0.4, 0.5) is 5.82 Å². The number of aromatic nitrogens is 2. The van der Waals surface area contributed by atoms with Crippen molar-refractivity contribution in [3.8, 4) is 6.07 Å². The van der Waals surface area contributed by atoms with Gasteiger partial charge in [0.05, 0.1) is 12.4 Å². The fraction of sp³-hybridized carbons (Fsp3) is 0.500. The van der Waals surface area contributed by atoms with Crippen LogP contribution >= 0.6 is 0 Å². The summed E-state index contributed by atoms with van der Waals surface area (Å²) in [4.78, 5) is 10.5. The van der Waals surface area contributed by atoms with Crippen LogP contribution in [-0.2, 0) is 0 Å². The molecule has 14 heavy (non-hydrogen) atoms. The molecule has 0 amide bonds. The molecule has 4 nitrogen and oxygen atoms in total. The molecule has 2 unspecified atom stereocenters. The summed E-state index contributed by atoms with van der Waals surface area (Å²) < 4.78 is 0. The van der Waals surface area contributed by atoms with E-state index in [-0.39, 0.29) is 0 Å². The second-order valence-corrected chi connectivity index (χ2v) is 4.03. The molecule has 2 aliphatic rings. The molecule has 1 aromatic rings. The molecule has 2 fully saturated rings. The first-order valence-corrected chi connectivity index (χ1v) is 4.84. The number of anilines is 1. The molecule has 70 valence electrons. The number of hydrogen-bond donors (Lipinski definition) is 0. The Morgan fingerprint density at radius 2 is 2.07 bits per heavy atom. The van der Waals surface area contributed by atoms with Crippen LogP contribution < -0.4 is 4.90 Å². The second kappa shape index (κ2) is 2.68. The summed E-state index contributed by atoms with van der Waals surface area (Å²) in [5, 5.41) is 8.58. The smallest absolute Gasteiger partial charge is 0.158 e. The van der Waals surface area contributed by atoms with Crippen molar-refractivity contribution in [3.63, 3.8) is 0 Å². The van der Waals surface area contributed by atoms with Gasteiger partial charge in [0.15, 0.2) is 5.69 Å². The summed E-state index contributed by atoms with van der Waals surface area (Å²) in [5.41, 5.74) is 0.387. The monoisotopic (exact) mass is 186 g/mol. The first-order valence-electron chi connectivity index (χ1n) is 4.84. The third-order valence-corrected chi connectivity index (χ3v) is 3.06. The zero-order chi connectivity index (χ0) is 9.54. The molecule has 0 N–H and O–H groups in total. The Kier molecular flexibility index (Phi) is 1.48. The summed E-state index contributed by atoms with van der Waals surface area (Å²) in [5.74, 6) is 2.70. The summed E-state index contributed by atoms with van der Waals surface area (Å²) >= 11 is 0. The van der Waals surface area contributed by atoms with Gasteiger partial charge in [-0.3, -0.25) is 0 Å². The highest BCUT2D eigenvalue weighted by molar-refractivity contribution is 5.40. The van der Waals surface area contributed by atoms with Gasteiger partial charge in [-0.1, -0.05) is 0 Å². The van der Waals surface area contributed by atoms with Crippen LogP contribution in [0.25, 0.3) is 0 Å². The fourth-order valence-electron chi connectivity index (χ4n) is 2.13. The standard InChI is InChI=1S/C10H10N4/c11-2-9-3-13-10(4-12-9)14-5-7-1-8(7)6-14/h3-4,7-8H,1,5-6H2. The molecule has 2 heterocycles. The van der Waals surface area contributed by atoms with Crippen LogP contribution in [0.1, 0.15) is 12.1 Å². The van der Waals surface area contributed by atoms with Crippen LogP contribution in [0.2, 0.25) is 0 Å². The minimum Gasteiger partial charge on any atom is -0.355 e. The van der Waals surface area contributed by atoms with E-state index in [9.17, 15) is 0 Å². The van der Waals surface area contributed by atoms with Crippen molar-refractivity contribution in [2.45, 2.75) is 6.42 Å². The Morgan fingerprint density at radius 3 is 2.64 bits per heavy atom. The van der Waals surface area contributed by atoms with Gasteiger partial charge in [0, 0.05) is 13.1 Å². The zero-order valence-electron chi connectivity index (χ0n) is 7.72. The summed E-state index contributed by atoms with van der Waals surface area (Å²) in [6.07, 6.45) is 4.63. The first-order chi connectivity index (χ1) is 6.86. The summed E-state index contributed by atoms with van der Waals surface area (Å²) in [6.45, 7) is 2.23. The minimum absolute atomic E-state index is 0.387. The molecule has 1 aromatic heterocycles. The van der Waals surface area contributed by atoms with Crippen molar-refractivity contribution in [2.24, 2.45) is 11.8 Å². The van der Waals surface area contributed by atoms with Crippen LogP contribution in [0.3, 0.4) is 0 Å². The predicted octanol–water partition coefficient (Wildman–Crippen LogP) is 0.804. The molecule has 0 bridgehead atoms. The van der Waals surface area contributed by atoms with Gasteiger partial charge in [0.25, 0.3) is 0 Å². The number of nitrogens with zero attached hydrogens (tertiary/aromatic N) is 4. The van der Waals surface area contributed by atoms with Gasteiger partial charge in [-0.05, 0) is 18.3 Å². The van der Waals surface area contributed by atoms with Crippen molar-refractivity contribution >= 4 is 5.82 Å². The van der Waals surface area contributed by atoms with Crippen LogP contribution in [-0.4, -0.2) is 23.1 Å². The minimum atomic E-state index is 0.387. The van der Waals surface area contributed by atoms with Crippen molar-refractivity contribution < 1.29 is 0 Å². The van der Waals surface area contributed by atoms with Crippen molar-refractivity contribution in [3.05, 3.63) is 18.1 Å². The Balaban J connectivity index is 1.80. The van der Waals surface area contributed by atoms with Gasteiger partial charge >= 0.3 is 0 Å². The molecule has 1 aliphatic heterocycles. The molecule has 4 heteroatoms. The Labute approximate surface area is 82.2 Å². The Hall–Kier alpha value is -1.63. The molecule has 1 aliphatic carbocycles. The molecule has 0 spiro atoms. The lowest BCUT2D eigenvalue weighted by atomic mass is 10.4. The Morgan fingerprint density at radius 1 is 1.29 bits per heavy atom. The van der Waals surface area contributed by atoms with Gasteiger partial charge < -0.3 is 4.90 Å². The van der Waals surface area contributed by atoms with Gasteiger partial charge in [-0.15, -0.1) is 0 Å². The van der Waals surface area contributed by atoms with E-state index < -0.39 is 0 Å². The molecular formula is C10H10N4. The zero-order valence-corrected chi connectivity index (χ0v) is 7.72. The van der Waals surface area contributed by atoms with Gasteiger partial charge in [0.1, 0.15) is 11.9 Å². The van der Waals surface area contributed by atoms with E-state index in [1.54, 1.807) is 12.4 Å². The number of rotatable bonds is 1. The van der Waals surface area contributed by atoms with E-state index >= 15 is 0 Å². The third-order valence-electron chi connectivity index (χ3n) is 3.06. The highest BCUT2D eigenvalue weighted by Crippen LogP contribution is 2.45. The van der Waals surface area contributed by atoms with Crippen LogP contribution in [0.5, 0.6) is 0 Å². The topological polar surface area (TPSA) is 52.8 Å². The van der Waals surface area contributed by atoms with E-state index in [1.807, 2.05) is 6.07 Å². The number of nitriles is 1. The van der Waals surface area contributed by atoms with Gasteiger partial charge in [0.2, 0.25) is 0 Å². The summed E-state index contributed by atoms with van der Waals surface area (Å²) in [6, 6.07) is 1.97. The molecule has 2 atom stereocenters. The lowest BCUT2D eigenvalue weighted by Gasteiger charge is -2.17. The van der Waals surface area contributed by atoms with E-state index in [0.29, 0.717) is 5.69 Å². The normalized spacial score (nSPS) is 28.4. The average Bonchev–Trinajstić information content (AvgIpc) is 2.86. The highest BCUT2D eigenvalue weighted by Gasteiger charge is 2.45. The van der Waals surface area contributed by atoms with Gasteiger partial charge in [-0.25, -0.2) is 9.97 Å². The van der Waals surface area contributed by atoms with E-state index in [0.717, 1.165) is 30.7 Å². The maximum Gasteiger partial charge on any atom is 0.158 e. The van der Waals surface area contributed by atoms with E-state index in [2.05, 4.69) is 14.9 Å². The predicted molar refractivity (Wildman–Crippen MR) is 50.6 cm³/mol. The summed E-state index contributed by atoms with van der Waals surface area (Å²) in [7, 11) is 0. The average molecular weight is 186 g/mol. The lowest BCUT2D eigenvalue weighted by Crippen LogP contribution is -2.22. The number of piperidine rings is 1. The van der Waals surface area contributed by atoms with Crippen molar-refractivity contribution in [1.29, 1.82) is 5.26 Å². The molecular weight excluding hydrogens is 176 g/mol. The van der Waals surface area contributed by atoms with E-state index in [4.69, 9.17) is 5.26 Å². The largest absolute Gasteiger partial charge is 0.355 e. The highest BCUT2D eigenvalue weighted by atomic mass is 15.2. The molecule has 0 aromatic carbocycles. The molecule has 3 rings (SSSR count).